The lowest BCUT2D eigenvalue weighted by Crippen LogP contribution is -2.25. The Hall–Kier alpha value is -2.34. The zero-order chi connectivity index (χ0) is 19.1. The molecule has 0 saturated heterocycles. The Bertz CT molecular complexity index is 871. The van der Waals surface area contributed by atoms with Gasteiger partial charge in [0.15, 0.2) is 10.9 Å². The van der Waals surface area contributed by atoms with E-state index < -0.39 is 0 Å². The van der Waals surface area contributed by atoms with Crippen LogP contribution < -0.4 is 10.6 Å². The Morgan fingerprint density at radius 3 is 2.65 bits per heavy atom. The molecule has 1 aromatic heterocycles. The number of hydrogen-bond donors (Lipinski definition) is 1. The van der Waals surface area contributed by atoms with Gasteiger partial charge in [-0.2, -0.15) is 0 Å². The molecule has 5 nitrogen and oxygen atoms in total. The van der Waals surface area contributed by atoms with Gasteiger partial charge in [-0.25, -0.2) is 9.97 Å². The third-order valence-corrected chi connectivity index (χ3v) is 5.74. The zero-order valence-electron chi connectivity index (χ0n) is 15.8. The first-order valence-electron chi connectivity index (χ1n) is 8.57. The largest absolute Gasteiger partial charge is 0.384 e. The van der Waals surface area contributed by atoms with Gasteiger partial charge in [0.05, 0.1) is 5.25 Å². The standard InChI is InChI=1S/C20H24N4OS/c1-12-10-18(21)23-19(22-12)26-13(2)16(25)11-17-20(3,4)14-8-6-7-9-15(14)24(17)5/h6-11,13H,1-5H3,(H2,21,22,23). The summed E-state index contributed by atoms with van der Waals surface area (Å²) in [6.45, 7) is 8.04. The Labute approximate surface area is 158 Å². The first-order valence-corrected chi connectivity index (χ1v) is 9.45. The maximum absolute atomic E-state index is 12.8. The third kappa shape index (κ3) is 3.33. The summed E-state index contributed by atoms with van der Waals surface area (Å²) < 4.78 is 0. The van der Waals surface area contributed by atoms with Crippen LogP contribution in [0, 0.1) is 6.92 Å². The van der Waals surface area contributed by atoms with Crippen molar-refractivity contribution in [1.29, 1.82) is 0 Å². The number of carbonyl (C=O) groups is 1. The highest BCUT2D eigenvalue weighted by Crippen LogP contribution is 2.46. The second-order valence-corrected chi connectivity index (χ2v) is 8.42. The van der Waals surface area contributed by atoms with Gasteiger partial charge in [-0.1, -0.05) is 43.8 Å². The van der Waals surface area contributed by atoms with E-state index >= 15 is 0 Å². The topological polar surface area (TPSA) is 72.1 Å². The SMILES string of the molecule is Cc1cc(N)nc(SC(C)C(=O)C=C2N(C)c3ccccc3C2(C)C)n1. The Morgan fingerprint density at radius 1 is 1.31 bits per heavy atom. The van der Waals surface area contributed by atoms with Crippen molar-refractivity contribution < 1.29 is 4.79 Å². The van der Waals surface area contributed by atoms with E-state index in [1.54, 1.807) is 12.1 Å². The van der Waals surface area contributed by atoms with Gasteiger partial charge >= 0.3 is 0 Å². The van der Waals surface area contributed by atoms with Gasteiger partial charge in [-0.15, -0.1) is 0 Å². The number of aryl methyl sites for hydroxylation is 1. The van der Waals surface area contributed by atoms with Gasteiger partial charge < -0.3 is 10.6 Å². The predicted octanol–water partition coefficient (Wildman–Crippen LogP) is 3.73. The van der Waals surface area contributed by atoms with Gasteiger partial charge in [0.2, 0.25) is 0 Å². The number of aromatic nitrogens is 2. The summed E-state index contributed by atoms with van der Waals surface area (Å²) in [6.07, 6.45) is 1.76. The molecule has 0 spiro atoms. The number of allylic oxidation sites excluding steroid dienone is 2. The number of nitrogens with zero attached hydrogens (tertiary/aromatic N) is 3. The smallest absolute Gasteiger partial charge is 0.190 e. The molecule has 136 valence electrons. The Kier molecular flexibility index (Phi) is 4.80. The minimum absolute atomic E-state index is 0.0430. The predicted molar refractivity (Wildman–Crippen MR) is 107 cm³/mol. The number of carbonyl (C=O) groups excluding carboxylic acids is 1. The van der Waals surface area contributed by atoms with Crippen LogP contribution in [-0.4, -0.2) is 28.0 Å². The van der Waals surface area contributed by atoms with Crippen molar-refractivity contribution in [2.75, 3.05) is 17.7 Å². The first kappa shape index (κ1) is 18.5. The lowest BCUT2D eigenvalue weighted by Gasteiger charge is -2.24. The summed E-state index contributed by atoms with van der Waals surface area (Å²) in [4.78, 5) is 23.5. The molecule has 0 radical (unpaired) electrons. The van der Waals surface area contributed by atoms with E-state index in [0.29, 0.717) is 11.0 Å². The van der Waals surface area contributed by atoms with Crippen molar-refractivity contribution in [3.63, 3.8) is 0 Å². The van der Waals surface area contributed by atoms with E-state index in [1.165, 1.54) is 17.3 Å². The monoisotopic (exact) mass is 368 g/mol. The van der Waals surface area contributed by atoms with E-state index in [4.69, 9.17) is 5.73 Å². The van der Waals surface area contributed by atoms with E-state index in [9.17, 15) is 4.79 Å². The normalized spacial score (nSPS) is 18.0. The molecule has 1 aliphatic rings. The lowest BCUT2D eigenvalue weighted by molar-refractivity contribution is -0.114. The van der Waals surface area contributed by atoms with Crippen LogP contribution in [0.3, 0.4) is 0 Å². The highest BCUT2D eigenvalue weighted by Gasteiger charge is 2.38. The molecule has 6 heteroatoms. The van der Waals surface area contributed by atoms with Gasteiger partial charge in [-0.05, 0) is 25.5 Å². The molecule has 3 rings (SSSR count). The first-order chi connectivity index (χ1) is 12.2. The number of benzene rings is 1. The highest BCUT2D eigenvalue weighted by atomic mass is 32.2. The van der Waals surface area contributed by atoms with E-state index in [1.807, 2.05) is 33.0 Å². The van der Waals surface area contributed by atoms with E-state index in [-0.39, 0.29) is 16.4 Å². The summed E-state index contributed by atoms with van der Waals surface area (Å²) in [7, 11) is 2.01. The fraction of sp³-hybridized carbons (Fsp3) is 0.350. The molecule has 0 fully saturated rings. The second kappa shape index (κ2) is 6.76. The van der Waals surface area contributed by atoms with Gasteiger partial charge in [0.1, 0.15) is 5.82 Å². The van der Waals surface area contributed by atoms with Crippen LogP contribution in [0.4, 0.5) is 11.5 Å². The number of thioether (sulfide) groups is 1. The average Bonchev–Trinajstić information content (AvgIpc) is 2.75. The molecule has 1 unspecified atom stereocenters. The third-order valence-electron chi connectivity index (χ3n) is 4.76. The summed E-state index contributed by atoms with van der Waals surface area (Å²) in [5.74, 6) is 0.464. The van der Waals surface area contributed by atoms with Crippen LogP contribution in [0.25, 0.3) is 0 Å². The second-order valence-electron chi connectivity index (χ2n) is 7.11. The van der Waals surface area contributed by atoms with Crippen molar-refractivity contribution >= 4 is 29.1 Å². The number of rotatable bonds is 4. The quantitative estimate of drug-likeness (QED) is 0.504. The lowest BCUT2D eigenvalue weighted by atomic mass is 9.83. The summed E-state index contributed by atoms with van der Waals surface area (Å²) in [5, 5.41) is 0.237. The zero-order valence-corrected chi connectivity index (χ0v) is 16.6. The number of anilines is 2. The van der Waals surface area contributed by atoms with Crippen LogP contribution in [-0.2, 0) is 10.2 Å². The maximum atomic E-state index is 12.8. The maximum Gasteiger partial charge on any atom is 0.190 e. The van der Waals surface area contributed by atoms with Crippen molar-refractivity contribution in [3.8, 4) is 0 Å². The van der Waals surface area contributed by atoms with Gasteiger partial charge in [-0.3, -0.25) is 4.79 Å². The number of nitrogen functional groups attached to an aromatic ring is 1. The van der Waals surface area contributed by atoms with E-state index in [0.717, 1.165) is 17.1 Å². The minimum atomic E-state index is -0.295. The number of hydrogen-bond acceptors (Lipinski definition) is 6. The van der Waals surface area contributed by atoms with Crippen molar-refractivity contribution in [3.05, 3.63) is 53.4 Å². The molecule has 1 aliphatic heterocycles. The number of likely N-dealkylation sites (N-methyl/N-ethyl adjacent to an activating group) is 1. The van der Waals surface area contributed by atoms with Crippen LogP contribution in [0.2, 0.25) is 0 Å². The van der Waals surface area contributed by atoms with Crippen LogP contribution in [0.15, 0.2) is 47.3 Å². The number of para-hydroxylation sites is 1. The van der Waals surface area contributed by atoms with E-state index in [2.05, 4.69) is 40.8 Å². The highest BCUT2D eigenvalue weighted by molar-refractivity contribution is 8.00. The van der Waals surface area contributed by atoms with Crippen molar-refractivity contribution in [1.82, 2.24) is 9.97 Å². The summed E-state index contributed by atoms with van der Waals surface area (Å²) in [6, 6.07) is 9.99. The minimum Gasteiger partial charge on any atom is -0.384 e. The molecule has 2 N–H and O–H groups in total. The molecule has 2 heterocycles. The van der Waals surface area contributed by atoms with Gasteiger partial charge in [0, 0.05) is 41.7 Å². The van der Waals surface area contributed by atoms with Crippen LogP contribution in [0.1, 0.15) is 32.0 Å². The molecule has 0 saturated carbocycles. The molecular weight excluding hydrogens is 344 g/mol. The molecule has 1 atom stereocenters. The fourth-order valence-corrected chi connectivity index (χ4v) is 4.20. The summed E-state index contributed by atoms with van der Waals surface area (Å²) >= 11 is 1.33. The molecule has 0 aliphatic carbocycles. The molecule has 26 heavy (non-hydrogen) atoms. The fourth-order valence-electron chi connectivity index (χ4n) is 3.34. The summed E-state index contributed by atoms with van der Waals surface area (Å²) in [5.41, 5.74) is 9.74. The average molecular weight is 369 g/mol. The van der Waals surface area contributed by atoms with Gasteiger partial charge in [0.25, 0.3) is 0 Å². The number of fused-ring (bicyclic) bond motifs is 1. The molecule has 0 amide bonds. The molecule has 2 aromatic rings. The number of nitrogens with two attached hydrogens (primary N) is 1. The van der Waals surface area contributed by atoms with Crippen molar-refractivity contribution in [2.45, 2.75) is 43.5 Å². The number of ketones is 1. The van der Waals surface area contributed by atoms with Crippen molar-refractivity contribution in [2.24, 2.45) is 0 Å². The molecule has 1 aromatic carbocycles. The Morgan fingerprint density at radius 2 is 2.00 bits per heavy atom. The Balaban J connectivity index is 1.84. The van der Waals surface area contributed by atoms with Crippen LogP contribution >= 0.6 is 11.8 Å². The van der Waals surface area contributed by atoms with Crippen LogP contribution in [0.5, 0.6) is 0 Å². The molecular formula is C20H24N4OS. The molecule has 0 bridgehead atoms.